The number of halogens is 4. The third-order valence-corrected chi connectivity index (χ3v) is 6.87. The van der Waals surface area contributed by atoms with Crippen molar-refractivity contribution in [1.29, 1.82) is 0 Å². The van der Waals surface area contributed by atoms with Crippen molar-refractivity contribution in [3.8, 4) is 17.2 Å². The second kappa shape index (κ2) is 12.7. The van der Waals surface area contributed by atoms with Crippen molar-refractivity contribution in [2.24, 2.45) is 0 Å². The number of methoxy groups -OCH3 is 1. The maximum Gasteiger partial charge on any atom is 0.573 e. The smallest absolute Gasteiger partial charge is 0.497 e. The molecule has 41 heavy (non-hydrogen) atoms. The van der Waals surface area contributed by atoms with E-state index in [-0.39, 0.29) is 17.4 Å². The molecule has 11 heteroatoms. The largest absolute Gasteiger partial charge is 0.573 e. The van der Waals surface area contributed by atoms with Crippen molar-refractivity contribution in [3.63, 3.8) is 0 Å². The van der Waals surface area contributed by atoms with E-state index in [0.29, 0.717) is 71.4 Å². The normalized spacial score (nSPS) is 13.4. The Morgan fingerprint density at radius 3 is 2.41 bits per heavy atom. The first-order valence-corrected chi connectivity index (χ1v) is 13.4. The van der Waals surface area contributed by atoms with Crippen LogP contribution in [0.5, 0.6) is 17.2 Å². The van der Waals surface area contributed by atoms with E-state index >= 15 is 0 Å². The molecule has 0 aromatic heterocycles. The van der Waals surface area contributed by atoms with Crippen molar-refractivity contribution < 1.29 is 37.0 Å². The molecule has 3 aromatic rings. The van der Waals surface area contributed by atoms with Crippen LogP contribution in [0.1, 0.15) is 42.5 Å². The summed E-state index contributed by atoms with van der Waals surface area (Å²) in [4.78, 5) is 26.8. The lowest BCUT2D eigenvalue weighted by Crippen LogP contribution is -2.37. The predicted molar refractivity (Wildman–Crippen MR) is 150 cm³/mol. The SMILES string of the molecule is COc1cc(NC(C(=O)N2CCc3c(C)cc(OC(F)(F)F)cc32)c2ccc(Cl)cc2)cc(OCCCC(C)=O)c1. The average Bonchev–Trinajstić information content (AvgIpc) is 3.33. The minimum atomic E-state index is -4.86. The number of nitrogens with zero attached hydrogens (tertiary/aromatic N) is 1. The van der Waals surface area contributed by atoms with Crippen LogP contribution in [0.15, 0.2) is 54.6 Å². The number of rotatable bonds is 11. The lowest BCUT2D eigenvalue weighted by molar-refractivity contribution is -0.274. The van der Waals surface area contributed by atoms with Crippen LogP contribution in [0.25, 0.3) is 0 Å². The van der Waals surface area contributed by atoms with Crippen LogP contribution >= 0.6 is 11.6 Å². The lowest BCUT2D eigenvalue weighted by atomic mass is 10.0. The summed E-state index contributed by atoms with van der Waals surface area (Å²) in [5.74, 6) is 0.274. The van der Waals surface area contributed by atoms with Gasteiger partial charge in [-0.3, -0.25) is 4.79 Å². The van der Waals surface area contributed by atoms with E-state index in [0.717, 1.165) is 5.56 Å². The average molecular weight is 591 g/mol. The van der Waals surface area contributed by atoms with Gasteiger partial charge >= 0.3 is 6.36 Å². The highest BCUT2D eigenvalue weighted by atomic mass is 35.5. The first-order valence-electron chi connectivity index (χ1n) is 13.0. The molecule has 1 atom stereocenters. The van der Waals surface area contributed by atoms with Crippen molar-refractivity contribution in [2.45, 2.75) is 45.5 Å². The zero-order valence-electron chi connectivity index (χ0n) is 22.8. The number of Topliss-reactive ketones (excluding diaryl/α,β-unsaturated/α-hetero) is 1. The molecule has 0 spiro atoms. The summed E-state index contributed by atoms with van der Waals surface area (Å²) in [5, 5.41) is 3.74. The van der Waals surface area contributed by atoms with Crippen LogP contribution in [-0.4, -0.2) is 38.3 Å². The van der Waals surface area contributed by atoms with Gasteiger partial charge < -0.3 is 29.2 Å². The number of amides is 1. The van der Waals surface area contributed by atoms with E-state index in [9.17, 15) is 22.8 Å². The van der Waals surface area contributed by atoms with Crippen LogP contribution in [-0.2, 0) is 16.0 Å². The molecule has 0 aliphatic carbocycles. The molecule has 7 nitrogen and oxygen atoms in total. The molecule has 1 heterocycles. The Balaban J connectivity index is 1.66. The molecule has 218 valence electrons. The van der Waals surface area contributed by atoms with Crippen molar-refractivity contribution in [3.05, 3.63) is 76.3 Å². The predicted octanol–water partition coefficient (Wildman–Crippen LogP) is 7.05. The van der Waals surface area contributed by atoms with Gasteiger partial charge in [0.2, 0.25) is 0 Å². The Hall–Kier alpha value is -3.92. The van der Waals surface area contributed by atoms with E-state index < -0.39 is 12.4 Å². The first kappa shape index (κ1) is 30.0. The molecule has 1 aliphatic heterocycles. The number of aryl methyl sites for hydroxylation is 1. The number of benzene rings is 3. The molecule has 0 saturated carbocycles. The third-order valence-electron chi connectivity index (χ3n) is 6.62. The maximum absolute atomic E-state index is 14.1. The van der Waals surface area contributed by atoms with Gasteiger partial charge in [-0.2, -0.15) is 0 Å². The number of alkyl halides is 3. The van der Waals surface area contributed by atoms with E-state index in [1.807, 2.05) is 0 Å². The molecule has 3 aromatic carbocycles. The molecule has 1 unspecified atom stereocenters. The minimum Gasteiger partial charge on any atom is -0.497 e. The molecule has 0 radical (unpaired) electrons. The summed E-state index contributed by atoms with van der Waals surface area (Å²) in [6, 6.07) is 13.5. The Bertz CT molecular complexity index is 1410. The number of ketones is 1. The second-order valence-electron chi connectivity index (χ2n) is 9.71. The number of nitrogens with one attached hydrogen (secondary N) is 1. The van der Waals surface area contributed by atoms with Crippen LogP contribution in [0.2, 0.25) is 5.02 Å². The minimum absolute atomic E-state index is 0.0710. The van der Waals surface area contributed by atoms with Gasteiger partial charge in [0, 0.05) is 47.9 Å². The van der Waals surface area contributed by atoms with E-state index in [1.165, 1.54) is 31.1 Å². The number of hydrogen-bond donors (Lipinski definition) is 1. The summed E-state index contributed by atoms with van der Waals surface area (Å²) >= 11 is 6.10. The van der Waals surface area contributed by atoms with Gasteiger partial charge in [0.25, 0.3) is 5.91 Å². The fourth-order valence-corrected chi connectivity index (χ4v) is 4.86. The quantitative estimate of drug-likeness (QED) is 0.241. The van der Waals surface area contributed by atoms with Gasteiger partial charge in [-0.1, -0.05) is 23.7 Å². The molecule has 0 saturated heterocycles. The number of carbonyl (C=O) groups excluding carboxylic acids is 2. The number of anilines is 2. The van der Waals surface area contributed by atoms with Gasteiger partial charge in [-0.25, -0.2) is 0 Å². The van der Waals surface area contributed by atoms with Crippen LogP contribution in [0.4, 0.5) is 24.5 Å². The topological polar surface area (TPSA) is 77.1 Å². The van der Waals surface area contributed by atoms with Crippen molar-refractivity contribution in [2.75, 3.05) is 30.5 Å². The molecule has 0 bridgehead atoms. The first-order chi connectivity index (χ1) is 19.4. The molecule has 0 fully saturated rings. The molecular formula is C30H30ClF3N2O5. The number of fused-ring (bicyclic) bond motifs is 1. The molecule has 4 rings (SSSR count). The maximum atomic E-state index is 14.1. The van der Waals surface area contributed by atoms with Crippen molar-refractivity contribution >= 4 is 34.7 Å². The highest BCUT2D eigenvalue weighted by Gasteiger charge is 2.35. The zero-order valence-corrected chi connectivity index (χ0v) is 23.6. The summed E-state index contributed by atoms with van der Waals surface area (Å²) in [6.07, 6.45) is -3.42. The summed E-state index contributed by atoms with van der Waals surface area (Å²) in [7, 11) is 1.50. The Kier molecular flexibility index (Phi) is 9.32. The van der Waals surface area contributed by atoms with Crippen LogP contribution in [0, 0.1) is 6.92 Å². The standard InChI is InChI=1S/C30H30ClF3N2O5/c1-18-13-25(41-30(32,33)34)17-27-26(18)10-11-36(27)29(38)28(20-6-8-21(31)9-7-20)35-22-14-23(39-3)16-24(15-22)40-12-4-5-19(2)37/h6-9,13-17,28,35H,4-5,10-12H2,1-3H3. The van der Waals surface area contributed by atoms with E-state index in [4.69, 9.17) is 21.1 Å². The second-order valence-corrected chi connectivity index (χ2v) is 10.1. The van der Waals surface area contributed by atoms with E-state index in [1.54, 1.807) is 49.4 Å². The summed E-state index contributed by atoms with van der Waals surface area (Å²) < 4.78 is 54.3. The number of ether oxygens (including phenoxy) is 3. The van der Waals surface area contributed by atoms with Crippen LogP contribution in [0.3, 0.4) is 0 Å². The van der Waals surface area contributed by atoms with Gasteiger partial charge in [0.1, 0.15) is 29.1 Å². The molecule has 1 N–H and O–H groups in total. The van der Waals surface area contributed by atoms with E-state index in [2.05, 4.69) is 10.1 Å². The highest BCUT2D eigenvalue weighted by molar-refractivity contribution is 6.30. The Morgan fingerprint density at radius 2 is 1.76 bits per heavy atom. The number of hydrogen-bond acceptors (Lipinski definition) is 6. The summed E-state index contributed by atoms with van der Waals surface area (Å²) in [6.45, 7) is 3.82. The fourth-order valence-electron chi connectivity index (χ4n) is 4.73. The Morgan fingerprint density at radius 1 is 1.05 bits per heavy atom. The zero-order chi connectivity index (χ0) is 29.7. The fraction of sp³-hybridized carbons (Fsp3) is 0.333. The molecular weight excluding hydrogens is 561 g/mol. The van der Waals surface area contributed by atoms with Crippen LogP contribution < -0.4 is 24.4 Å². The molecule has 1 amide bonds. The molecule has 1 aliphatic rings. The Labute approximate surface area is 241 Å². The third kappa shape index (κ3) is 7.85. The van der Waals surface area contributed by atoms with Gasteiger partial charge in [-0.05, 0) is 61.6 Å². The summed E-state index contributed by atoms with van der Waals surface area (Å²) in [5.41, 5.74) is 2.87. The van der Waals surface area contributed by atoms with Gasteiger partial charge in [-0.15, -0.1) is 13.2 Å². The lowest BCUT2D eigenvalue weighted by Gasteiger charge is -2.27. The van der Waals surface area contributed by atoms with Crippen molar-refractivity contribution in [1.82, 2.24) is 0 Å². The number of carbonyl (C=O) groups is 2. The van der Waals surface area contributed by atoms with Gasteiger partial charge in [0.15, 0.2) is 0 Å². The van der Waals surface area contributed by atoms with Gasteiger partial charge in [0.05, 0.1) is 19.4 Å². The monoisotopic (exact) mass is 590 g/mol. The highest BCUT2D eigenvalue weighted by Crippen LogP contribution is 2.39.